The number of primary amides is 1. The first-order chi connectivity index (χ1) is 14.1. The van der Waals surface area contributed by atoms with Gasteiger partial charge < -0.3 is 10.6 Å². The average molecular weight is 407 g/mol. The number of carbonyl (C=O) groups is 2. The van der Waals surface area contributed by atoms with Gasteiger partial charge in [0.05, 0.1) is 11.6 Å². The lowest BCUT2D eigenvalue weighted by Crippen LogP contribution is -2.43. The number of carbonyl (C=O) groups excluding carboxylic acids is 2. The average Bonchev–Trinajstić information content (AvgIpc) is 3.17. The molecule has 2 heterocycles. The van der Waals surface area contributed by atoms with E-state index in [1.54, 1.807) is 48.9 Å². The number of rotatable bonds is 5. The summed E-state index contributed by atoms with van der Waals surface area (Å²) in [5, 5.41) is 0.573. The predicted octanol–water partition coefficient (Wildman–Crippen LogP) is 3.49. The summed E-state index contributed by atoms with van der Waals surface area (Å²) < 4.78 is 0. The van der Waals surface area contributed by atoms with Crippen LogP contribution in [-0.4, -0.2) is 26.7 Å². The number of fused-ring (bicyclic) bond motifs is 1. The Morgan fingerprint density at radius 1 is 1.07 bits per heavy atom. The van der Waals surface area contributed by atoms with Gasteiger partial charge in [-0.1, -0.05) is 29.8 Å². The molecule has 2 aromatic heterocycles. The number of hydrogen-bond acceptors (Lipinski definition) is 4. The zero-order valence-corrected chi connectivity index (χ0v) is 16.3. The summed E-state index contributed by atoms with van der Waals surface area (Å²) in [7, 11) is 0. The molecular weight excluding hydrogens is 388 g/mol. The Kier molecular flexibility index (Phi) is 5.27. The molecule has 0 fully saturated rings. The number of aromatic nitrogens is 2. The maximum atomic E-state index is 13.6. The predicted molar refractivity (Wildman–Crippen MR) is 109 cm³/mol. The van der Waals surface area contributed by atoms with Gasteiger partial charge in [-0.25, -0.2) is 0 Å². The molecule has 6 nitrogen and oxygen atoms in total. The van der Waals surface area contributed by atoms with Crippen molar-refractivity contribution in [2.45, 2.75) is 24.9 Å². The summed E-state index contributed by atoms with van der Waals surface area (Å²) in [6.45, 7) is 0. The van der Waals surface area contributed by atoms with Gasteiger partial charge in [0.2, 0.25) is 5.91 Å². The van der Waals surface area contributed by atoms with Crippen molar-refractivity contribution >= 4 is 23.4 Å². The first-order valence-corrected chi connectivity index (χ1v) is 9.65. The van der Waals surface area contributed by atoms with E-state index in [9.17, 15) is 9.59 Å². The highest BCUT2D eigenvalue weighted by atomic mass is 35.5. The Morgan fingerprint density at radius 2 is 1.83 bits per heavy atom. The van der Waals surface area contributed by atoms with Crippen molar-refractivity contribution in [3.05, 3.63) is 94.5 Å². The molecule has 7 heteroatoms. The van der Waals surface area contributed by atoms with E-state index in [1.165, 1.54) is 11.1 Å². The highest BCUT2D eigenvalue weighted by Crippen LogP contribution is 2.44. The smallest absolute Gasteiger partial charge is 0.256 e. The van der Waals surface area contributed by atoms with Gasteiger partial charge in [-0.2, -0.15) is 0 Å². The summed E-state index contributed by atoms with van der Waals surface area (Å²) in [4.78, 5) is 35.9. The maximum absolute atomic E-state index is 13.6. The highest BCUT2D eigenvalue weighted by Gasteiger charge is 2.40. The first-order valence-electron chi connectivity index (χ1n) is 9.27. The summed E-state index contributed by atoms with van der Waals surface area (Å²) in [6.07, 6.45) is 7.65. The Hall–Kier alpha value is -3.25. The second-order valence-corrected chi connectivity index (χ2v) is 7.32. The number of nitrogens with zero attached hydrogens (tertiary/aromatic N) is 3. The van der Waals surface area contributed by atoms with Gasteiger partial charge in [0.1, 0.15) is 6.04 Å². The normalized spacial score (nSPS) is 16.1. The van der Waals surface area contributed by atoms with E-state index in [1.807, 2.05) is 12.1 Å². The molecule has 2 amide bonds. The molecule has 0 bridgehead atoms. The van der Waals surface area contributed by atoms with Crippen LogP contribution < -0.4 is 5.73 Å². The molecule has 1 aromatic carbocycles. The van der Waals surface area contributed by atoms with E-state index in [-0.39, 0.29) is 11.9 Å². The molecule has 2 N–H and O–H groups in total. The van der Waals surface area contributed by atoms with Crippen LogP contribution in [0.4, 0.5) is 0 Å². The zero-order valence-electron chi connectivity index (χ0n) is 15.5. The summed E-state index contributed by atoms with van der Waals surface area (Å²) >= 11 is 6.51. The van der Waals surface area contributed by atoms with Gasteiger partial charge in [0, 0.05) is 35.4 Å². The molecule has 29 heavy (non-hydrogen) atoms. The Morgan fingerprint density at radius 3 is 2.48 bits per heavy atom. The fourth-order valence-corrected chi connectivity index (χ4v) is 4.28. The molecule has 0 radical (unpaired) electrons. The van der Waals surface area contributed by atoms with E-state index < -0.39 is 11.9 Å². The third-order valence-corrected chi connectivity index (χ3v) is 5.52. The van der Waals surface area contributed by atoms with Crippen LogP contribution in [0.5, 0.6) is 0 Å². The zero-order chi connectivity index (χ0) is 20.4. The fraction of sp³-hybridized carbons (Fsp3) is 0.182. The Bertz CT molecular complexity index is 1040. The van der Waals surface area contributed by atoms with Crippen LogP contribution in [0.2, 0.25) is 5.02 Å². The third kappa shape index (κ3) is 3.59. The van der Waals surface area contributed by atoms with Gasteiger partial charge in [-0.3, -0.25) is 19.6 Å². The van der Waals surface area contributed by atoms with Crippen molar-refractivity contribution in [3.8, 4) is 0 Å². The first kappa shape index (κ1) is 19.1. The second kappa shape index (κ2) is 8.01. The molecule has 0 spiro atoms. The second-order valence-electron chi connectivity index (χ2n) is 6.91. The Labute approximate surface area is 173 Å². The topological polar surface area (TPSA) is 89.2 Å². The van der Waals surface area contributed by atoms with Gasteiger partial charge in [-0.15, -0.1) is 0 Å². The molecule has 146 valence electrons. The lowest BCUT2D eigenvalue weighted by molar-refractivity contribution is -0.123. The van der Waals surface area contributed by atoms with E-state index in [4.69, 9.17) is 17.3 Å². The van der Waals surface area contributed by atoms with Crippen molar-refractivity contribution < 1.29 is 9.59 Å². The van der Waals surface area contributed by atoms with E-state index in [0.717, 1.165) is 17.5 Å². The van der Waals surface area contributed by atoms with Gasteiger partial charge >= 0.3 is 0 Å². The molecule has 0 saturated heterocycles. The van der Waals surface area contributed by atoms with E-state index >= 15 is 0 Å². The largest absolute Gasteiger partial charge is 0.368 e. The molecule has 1 unspecified atom stereocenters. The molecule has 0 saturated carbocycles. The summed E-state index contributed by atoms with van der Waals surface area (Å²) in [6, 6.07) is 11.1. The van der Waals surface area contributed by atoms with Crippen LogP contribution in [-0.2, 0) is 11.2 Å². The SMILES string of the molecule is NC(=O)C(c1cccnc1)N(C(=O)c1cccnc1)[C@@H]1CCc2cccc(Cl)c21. The lowest BCUT2D eigenvalue weighted by atomic mass is 9.99. The number of aryl methyl sites for hydroxylation is 1. The molecule has 0 aliphatic heterocycles. The van der Waals surface area contributed by atoms with Crippen molar-refractivity contribution in [2.24, 2.45) is 5.73 Å². The van der Waals surface area contributed by atoms with Crippen LogP contribution >= 0.6 is 11.6 Å². The minimum absolute atomic E-state index is 0.330. The molecule has 4 rings (SSSR count). The van der Waals surface area contributed by atoms with Crippen LogP contribution in [0.15, 0.2) is 67.3 Å². The number of halogens is 1. The number of benzene rings is 1. The molecule has 1 aliphatic carbocycles. The van der Waals surface area contributed by atoms with Gasteiger partial charge in [0.25, 0.3) is 5.91 Å². The van der Waals surface area contributed by atoms with Gasteiger partial charge in [0.15, 0.2) is 0 Å². The summed E-state index contributed by atoms with van der Waals surface area (Å²) in [5.74, 6) is -0.959. The highest BCUT2D eigenvalue weighted by molar-refractivity contribution is 6.31. The molecule has 1 aliphatic rings. The standard InChI is InChI=1S/C22H19ClN4O2/c23-17-7-1-4-14-8-9-18(19(14)17)27(22(29)16-6-3-11-26-13-16)20(21(24)28)15-5-2-10-25-12-15/h1-7,10-13,18,20H,8-9H2,(H2,24,28)/t18-,20?/m1/s1. The number of hydrogen-bond donors (Lipinski definition) is 1. The molecule has 3 aromatic rings. The summed E-state index contributed by atoms with van der Waals surface area (Å²) in [5.41, 5.74) is 8.67. The van der Waals surface area contributed by atoms with Crippen molar-refractivity contribution in [1.82, 2.24) is 14.9 Å². The van der Waals surface area contributed by atoms with Crippen molar-refractivity contribution in [1.29, 1.82) is 0 Å². The van der Waals surface area contributed by atoms with Crippen LogP contribution in [0.25, 0.3) is 0 Å². The monoisotopic (exact) mass is 406 g/mol. The number of nitrogens with two attached hydrogens (primary N) is 1. The van der Waals surface area contributed by atoms with Crippen LogP contribution in [0, 0.1) is 0 Å². The van der Waals surface area contributed by atoms with Gasteiger partial charge in [-0.05, 0) is 48.2 Å². The fourth-order valence-electron chi connectivity index (χ4n) is 3.96. The number of pyridine rings is 2. The Balaban J connectivity index is 1.87. The van der Waals surface area contributed by atoms with Crippen LogP contribution in [0.3, 0.4) is 0 Å². The molecular formula is C22H19ClN4O2. The maximum Gasteiger partial charge on any atom is 0.256 e. The third-order valence-electron chi connectivity index (χ3n) is 5.19. The lowest BCUT2D eigenvalue weighted by Gasteiger charge is -2.36. The minimum atomic E-state index is -0.983. The van der Waals surface area contributed by atoms with E-state index in [2.05, 4.69) is 9.97 Å². The van der Waals surface area contributed by atoms with E-state index in [0.29, 0.717) is 22.6 Å². The minimum Gasteiger partial charge on any atom is -0.368 e. The van der Waals surface area contributed by atoms with Crippen molar-refractivity contribution in [3.63, 3.8) is 0 Å². The number of amides is 2. The molecule has 2 atom stereocenters. The van der Waals surface area contributed by atoms with Crippen LogP contribution in [0.1, 0.15) is 45.6 Å². The van der Waals surface area contributed by atoms with Crippen molar-refractivity contribution in [2.75, 3.05) is 0 Å². The quantitative estimate of drug-likeness (QED) is 0.702.